The van der Waals surface area contributed by atoms with Crippen LogP contribution in [0.4, 0.5) is 5.00 Å². The van der Waals surface area contributed by atoms with Gasteiger partial charge < -0.3 is 19.5 Å². The minimum Gasteiger partial charge on any atom is -0.482 e. The lowest BCUT2D eigenvalue weighted by molar-refractivity contribution is -0.155. The van der Waals surface area contributed by atoms with E-state index in [2.05, 4.69) is 5.32 Å². The third-order valence-electron chi connectivity index (χ3n) is 5.88. The number of fused-ring (bicyclic) bond motifs is 1. The van der Waals surface area contributed by atoms with Gasteiger partial charge in [0.1, 0.15) is 10.8 Å². The summed E-state index contributed by atoms with van der Waals surface area (Å²) in [5.41, 5.74) is 3.50. The Bertz CT molecular complexity index is 1220. The number of ether oxygens (including phenoxy) is 3. The third kappa shape index (κ3) is 6.12. The molecule has 0 saturated carbocycles. The molecule has 0 radical (unpaired) electrons. The van der Waals surface area contributed by atoms with Crippen molar-refractivity contribution in [2.75, 3.05) is 18.5 Å². The molecule has 0 fully saturated rings. The van der Waals surface area contributed by atoms with E-state index in [1.165, 1.54) is 18.3 Å². The van der Waals surface area contributed by atoms with Gasteiger partial charge in [-0.15, -0.1) is 11.3 Å². The summed E-state index contributed by atoms with van der Waals surface area (Å²) in [4.78, 5) is 38.7. The maximum Gasteiger partial charge on any atom is 0.344 e. The van der Waals surface area contributed by atoms with E-state index < -0.39 is 23.9 Å². The van der Waals surface area contributed by atoms with Gasteiger partial charge >= 0.3 is 11.9 Å². The molecular weight excluding hydrogens is 478 g/mol. The number of benzene rings is 2. The van der Waals surface area contributed by atoms with Crippen molar-refractivity contribution in [2.45, 2.75) is 45.6 Å². The Labute approximate surface area is 214 Å². The van der Waals surface area contributed by atoms with Gasteiger partial charge in [0.15, 0.2) is 12.7 Å². The van der Waals surface area contributed by atoms with Crippen LogP contribution in [-0.2, 0) is 31.9 Å². The molecule has 2 aromatic carbocycles. The predicted molar refractivity (Wildman–Crippen MR) is 138 cm³/mol. The molecule has 1 aromatic heterocycles. The Balaban J connectivity index is 1.32. The fraction of sp³-hybridized carbons (Fsp3) is 0.321. The largest absolute Gasteiger partial charge is 0.482 e. The van der Waals surface area contributed by atoms with Crippen LogP contribution >= 0.6 is 11.3 Å². The number of hydrogen-bond donors (Lipinski definition) is 1. The second-order valence-electron chi connectivity index (χ2n) is 8.44. The van der Waals surface area contributed by atoms with Crippen LogP contribution in [0.1, 0.15) is 47.5 Å². The summed E-state index contributed by atoms with van der Waals surface area (Å²) in [5.74, 6) is -1.10. The number of esters is 2. The fourth-order valence-corrected chi connectivity index (χ4v) is 5.37. The van der Waals surface area contributed by atoms with Crippen LogP contribution in [0.3, 0.4) is 0 Å². The highest BCUT2D eigenvalue weighted by Gasteiger charge is 2.28. The highest BCUT2D eigenvalue weighted by Crippen LogP contribution is 2.38. The van der Waals surface area contributed by atoms with Crippen LogP contribution < -0.4 is 10.1 Å². The quantitative estimate of drug-likeness (QED) is 0.389. The molecule has 1 heterocycles. The van der Waals surface area contributed by atoms with Gasteiger partial charge in [-0.2, -0.15) is 0 Å². The Hall–Kier alpha value is -3.65. The normalized spacial score (nSPS) is 13.3. The van der Waals surface area contributed by atoms with Crippen molar-refractivity contribution in [1.29, 1.82) is 0 Å². The van der Waals surface area contributed by atoms with E-state index >= 15 is 0 Å². The lowest BCUT2D eigenvalue weighted by atomic mass is 9.95. The van der Waals surface area contributed by atoms with Crippen LogP contribution in [0.2, 0.25) is 0 Å². The molecule has 1 unspecified atom stereocenters. The smallest absolute Gasteiger partial charge is 0.344 e. The Morgan fingerprint density at radius 1 is 0.972 bits per heavy atom. The lowest BCUT2D eigenvalue weighted by Crippen LogP contribution is -2.32. The lowest BCUT2D eigenvalue weighted by Gasteiger charge is -2.14. The van der Waals surface area contributed by atoms with Gasteiger partial charge in [-0.25, -0.2) is 9.59 Å². The maximum absolute atomic E-state index is 12.8. The molecule has 188 valence electrons. The van der Waals surface area contributed by atoms with Gasteiger partial charge in [0, 0.05) is 4.88 Å². The van der Waals surface area contributed by atoms with Gasteiger partial charge in [0.05, 0.1) is 12.2 Å². The van der Waals surface area contributed by atoms with Gasteiger partial charge in [-0.3, -0.25) is 4.79 Å². The first kappa shape index (κ1) is 25.4. The summed E-state index contributed by atoms with van der Waals surface area (Å²) >= 11 is 1.39. The number of carbonyl (C=O) groups excluding carboxylic acids is 3. The van der Waals surface area contributed by atoms with Crippen molar-refractivity contribution in [2.24, 2.45) is 0 Å². The summed E-state index contributed by atoms with van der Waals surface area (Å²) in [5, 5.41) is 3.22. The Morgan fingerprint density at radius 2 is 1.67 bits per heavy atom. The highest BCUT2D eigenvalue weighted by atomic mass is 32.1. The third-order valence-corrected chi connectivity index (χ3v) is 7.09. The zero-order chi connectivity index (χ0) is 25.5. The first-order valence-corrected chi connectivity index (χ1v) is 12.9. The average Bonchev–Trinajstić information content (AvgIpc) is 3.26. The van der Waals surface area contributed by atoms with Crippen molar-refractivity contribution in [3.05, 3.63) is 70.6 Å². The second kappa shape index (κ2) is 11.9. The number of hydrogen-bond acceptors (Lipinski definition) is 7. The van der Waals surface area contributed by atoms with Crippen molar-refractivity contribution >= 4 is 34.2 Å². The molecule has 1 aliphatic rings. The standard InChI is InChI=1S/C28H29NO6S/c1-3-33-28(32)25-22-11-7-8-12-23(22)36-27(25)29-26(31)18(2)35-24(30)17-34-21-15-13-20(14-16-21)19-9-5-4-6-10-19/h4-6,9-10,13-16,18H,3,7-8,11-12,17H2,1-2H3,(H,29,31). The topological polar surface area (TPSA) is 90.9 Å². The molecule has 7 nitrogen and oxygen atoms in total. The van der Waals surface area contributed by atoms with Crippen LogP contribution in [-0.4, -0.2) is 37.2 Å². The summed E-state index contributed by atoms with van der Waals surface area (Å²) in [6, 6.07) is 17.3. The zero-order valence-corrected chi connectivity index (χ0v) is 21.2. The summed E-state index contributed by atoms with van der Waals surface area (Å²) < 4.78 is 16.0. The monoisotopic (exact) mass is 507 g/mol. The number of carbonyl (C=O) groups is 3. The van der Waals surface area contributed by atoms with Crippen LogP contribution in [0.15, 0.2) is 54.6 Å². The minimum atomic E-state index is -1.06. The molecule has 1 atom stereocenters. The summed E-state index contributed by atoms with van der Waals surface area (Å²) in [7, 11) is 0. The molecule has 4 rings (SSSR count). The number of nitrogens with one attached hydrogen (secondary N) is 1. The molecule has 0 aliphatic heterocycles. The van der Waals surface area contributed by atoms with E-state index in [1.807, 2.05) is 42.5 Å². The SMILES string of the molecule is CCOC(=O)c1c(NC(=O)C(C)OC(=O)COc2ccc(-c3ccccc3)cc2)sc2c1CCCC2. The van der Waals surface area contributed by atoms with E-state index in [-0.39, 0.29) is 13.2 Å². The molecule has 3 aromatic rings. The van der Waals surface area contributed by atoms with Gasteiger partial charge in [-0.05, 0) is 68.4 Å². The van der Waals surface area contributed by atoms with Gasteiger partial charge in [0.25, 0.3) is 5.91 Å². The van der Waals surface area contributed by atoms with Crippen molar-refractivity contribution in [3.63, 3.8) is 0 Å². The van der Waals surface area contributed by atoms with E-state index in [9.17, 15) is 14.4 Å². The number of aryl methyl sites for hydroxylation is 1. The first-order valence-electron chi connectivity index (χ1n) is 12.1. The predicted octanol–water partition coefficient (Wildman–Crippen LogP) is 5.42. The van der Waals surface area contributed by atoms with Crippen LogP contribution in [0.25, 0.3) is 11.1 Å². The minimum absolute atomic E-state index is 0.250. The molecule has 0 bridgehead atoms. The maximum atomic E-state index is 12.8. The highest BCUT2D eigenvalue weighted by molar-refractivity contribution is 7.17. The Kier molecular flexibility index (Phi) is 8.38. The number of anilines is 1. The van der Waals surface area contributed by atoms with Crippen molar-refractivity contribution in [3.8, 4) is 16.9 Å². The Morgan fingerprint density at radius 3 is 2.39 bits per heavy atom. The molecule has 8 heteroatoms. The molecule has 1 N–H and O–H groups in total. The van der Waals surface area contributed by atoms with Crippen molar-refractivity contribution in [1.82, 2.24) is 0 Å². The molecular formula is C28H29NO6S. The average molecular weight is 508 g/mol. The summed E-state index contributed by atoms with van der Waals surface area (Å²) in [6.07, 6.45) is 2.63. The number of thiophene rings is 1. The van der Waals surface area contributed by atoms with Crippen LogP contribution in [0, 0.1) is 0 Å². The van der Waals surface area contributed by atoms with E-state index in [4.69, 9.17) is 14.2 Å². The van der Waals surface area contributed by atoms with Gasteiger partial charge in [-0.1, -0.05) is 42.5 Å². The molecule has 1 aliphatic carbocycles. The second-order valence-corrected chi connectivity index (χ2v) is 9.54. The molecule has 0 spiro atoms. The van der Waals surface area contributed by atoms with Crippen LogP contribution in [0.5, 0.6) is 5.75 Å². The van der Waals surface area contributed by atoms with E-state index in [1.54, 1.807) is 19.1 Å². The number of rotatable bonds is 9. The van der Waals surface area contributed by atoms with E-state index in [0.717, 1.165) is 47.3 Å². The fourth-order valence-electron chi connectivity index (χ4n) is 4.09. The van der Waals surface area contributed by atoms with E-state index in [0.29, 0.717) is 16.3 Å². The first-order chi connectivity index (χ1) is 17.5. The molecule has 36 heavy (non-hydrogen) atoms. The molecule has 1 amide bonds. The molecule has 0 saturated heterocycles. The van der Waals surface area contributed by atoms with Crippen molar-refractivity contribution < 1.29 is 28.6 Å². The van der Waals surface area contributed by atoms with Gasteiger partial charge in [0.2, 0.25) is 0 Å². The number of amides is 1. The summed E-state index contributed by atoms with van der Waals surface area (Å²) in [6.45, 7) is 3.15. The zero-order valence-electron chi connectivity index (χ0n) is 20.4.